The summed E-state index contributed by atoms with van der Waals surface area (Å²) in [6.07, 6.45) is 0. The molecular formula is C25H28N2O4S. The van der Waals surface area contributed by atoms with E-state index in [0.29, 0.717) is 0 Å². The smallest absolute Gasteiger partial charge is 0.251 e. The third-order valence-corrected chi connectivity index (χ3v) is 6.65. The van der Waals surface area contributed by atoms with E-state index in [-0.39, 0.29) is 34.2 Å². The van der Waals surface area contributed by atoms with Gasteiger partial charge in [0, 0.05) is 11.6 Å². The highest BCUT2D eigenvalue weighted by atomic mass is 32.2. The molecule has 0 fully saturated rings. The predicted octanol–water partition coefficient (Wildman–Crippen LogP) is 4.54. The van der Waals surface area contributed by atoms with Crippen LogP contribution in [0.4, 0.5) is 0 Å². The number of hydrogen-bond donors (Lipinski definition) is 2. The van der Waals surface area contributed by atoms with E-state index >= 15 is 0 Å². The highest BCUT2D eigenvalue weighted by Gasteiger charge is 2.23. The van der Waals surface area contributed by atoms with Crippen molar-refractivity contribution in [1.82, 2.24) is 10.0 Å². The van der Waals surface area contributed by atoms with E-state index in [1.165, 1.54) is 19.2 Å². The topological polar surface area (TPSA) is 84.5 Å². The molecule has 0 aliphatic heterocycles. The van der Waals surface area contributed by atoms with Crippen molar-refractivity contribution in [3.8, 4) is 16.9 Å². The Morgan fingerprint density at radius 2 is 1.50 bits per heavy atom. The van der Waals surface area contributed by atoms with Gasteiger partial charge in [-0.1, -0.05) is 54.6 Å². The van der Waals surface area contributed by atoms with Crippen LogP contribution in [0.2, 0.25) is 0 Å². The lowest BCUT2D eigenvalue weighted by Gasteiger charge is -2.17. The van der Waals surface area contributed by atoms with Crippen LogP contribution >= 0.6 is 0 Å². The number of ether oxygens (including phenoxy) is 1. The van der Waals surface area contributed by atoms with Crippen LogP contribution < -0.4 is 14.8 Å². The summed E-state index contributed by atoms with van der Waals surface area (Å²) in [5.74, 6) is -0.187. The summed E-state index contributed by atoms with van der Waals surface area (Å²) >= 11 is 0. The maximum atomic E-state index is 12.9. The minimum absolute atomic E-state index is 0.0683. The van der Waals surface area contributed by atoms with Gasteiger partial charge in [0.2, 0.25) is 10.0 Å². The lowest BCUT2D eigenvalue weighted by atomic mass is 10.0. The third kappa shape index (κ3) is 5.55. The number of sulfonamides is 1. The molecule has 0 saturated carbocycles. The molecule has 3 aromatic carbocycles. The largest absolute Gasteiger partial charge is 0.495 e. The number of nitrogens with one attached hydrogen (secondary N) is 2. The summed E-state index contributed by atoms with van der Waals surface area (Å²) in [6.45, 7) is 5.34. The van der Waals surface area contributed by atoms with Gasteiger partial charge in [0.25, 0.3) is 5.91 Å². The first-order chi connectivity index (χ1) is 15.2. The molecule has 1 atom stereocenters. The third-order valence-electron chi connectivity index (χ3n) is 4.97. The van der Waals surface area contributed by atoms with E-state index in [0.717, 1.165) is 16.7 Å². The van der Waals surface area contributed by atoms with Crippen molar-refractivity contribution in [3.05, 3.63) is 83.9 Å². The number of benzene rings is 3. The van der Waals surface area contributed by atoms with Crippen LogP contribution in [0.25, 0.3) is 11.1 Å². The van der Waals surface area contributed by atoms with E-state index in [1.807, 2.05) is 61.5 Å². The van der Waals surface area contributed by atoms with Crippen molar-refractivity contribution in [2.24, 2.45) is 0 Å². The molecule has 168 valence electrons. The van der Waals surface area contributed by atoms with Gasteiger partial charge in [-0.15, -0.1) is 0 Å². The molecule has 1 unspecified atom stereocenters. The molecule has 32 heavy (non-hydrogen) atoms. The molecule has 3 rings (SSSR count). The Kier molecular flexibility index (Phi) is 7.33. The first kappa shape index (κ1) is 23.5. The molecule has 0 radical (unpaired) electrons. The fourth-order valence-electron chi connectivity index (χ4n) is 3.36. The summed E-state index contributed by atoms with van der Waals surface area (Å²) in [5.41, 5.74) is 3.40. The Balaban J connectivity index is 1.78. The van der Waals surface area contributed by atoms with E-state index in [2.05, 4.69) is 10.0 Å². The van der Waals surface area contributed by atoms with Crippen molar-refractivity contribution in [3.63, 3.8) is 0 Å². The molecule has 3 aromatic rings. The average molecular weight is 453 g/mol. The summed E-state index contributed by atoms with van der Waals surface area (Å²) < 4.78 is 33.1. The van der Waals surface area contributed by atoms with Crippen LogP contribution in [0.1, 0.15) is 42.7 Å². The summed E-state index contributed by atoms with van der Waals surface area (Å²) in [6, 6.07) is 21.9. The minimum Gasteiger partial charge on any atom is -0.495 e. The van der Waals surface area contributed by atoms with E-state index < -0.39 is 10.0 Å². The highest BCUT2D eigenvalue weighted by Crippen LogP contribution is 2.26. The van der Waals surface area contributed by atoms with E-state index in [4.69, 9.17) is 4.74 Å². The molecule has 0 heterocycles. The van der Waals surface area contributed by atoms with Gasteiger partial charge in [0.1, 0.15) is 10.6 Å². The van der Waals surface area contributed by atoms with Gasteiger partial charge >= 0.3 is 0 Å². The fourth-order valence-corrected chi connectivity index (χ4v) is 4.81. The zero-order chi connectivity index (χ0) is 23.3. The first-order valence-corrected chi connectivity index (χ1v) is 11.9. The summed E-state index contributed by atoms with van der Waals surface area (Å²) in [7, 11) is -2.43. The van der Waals surface area contributed by atoms with Crippen LogP contribution in [-0.4, -0.2) is 27.5 Å². The molecule has 1 amide bonds. The van der Waals surface area contributed by atoms with Gasteiger partial charge in [-0.05, 0) is 55.7 Å². The molecule has 0 spiro atoms. The molecular weight excluding hydrogens is 424 g/mol. The van der Waals surface area contributed by atoms with Gasteiger partial charge in [-0.3, -0.25) is 4.79 Å². The quantitative estimate of drug-likeness (QED) is 0.526. The van der Waals surface area contributed by atoms with Crippen LogP contribution in [0.5, 0.6) is 5.75 Å². The monoisotopic (exact) mass is 452 g/mol. The van der Waals surface area contributed by atoms with Gasteiger partial charge < -0.3 is 10.1 Å². The number of carbonyl (C=O) groups is 1. The van der Waals surface area contributed by atoms with Crippen LogP contribution in [0.15, 0.2) is 77.7 Å². The Morgan fingerprint density at radius 3 is 2.09 bits per heavy atom. The molecule has 6 nitrogen and oxygen atoms in total. The second-order valence-corrected chi connectivity index (χ2v) is 9.51. The number of methoxy groups -OCH3 is 1. The molecule has 0 bridgehead atoms. The zero-order valence-electron chi connectivity index (χ0n) is 18.6. The van der Waals surface area contributed by atoms with Crippen molar-refractivity contribution in [2.45, 2.75) is 37.8 Å². The van der Waals surface area contributed by atoms with Crippen molar-refractivity contribution in [1.29, 1.82) is 0 Å². The minimum atomic E-state index is -3.83. The molecule has 0 aliphatic carbocycles. The molecule has 0 saturated heterocycles. The van der Waals surface area contributed by atoms with Crippen molar-refractivity contribution in [2.75, 3.05) is 7.11 Å². The van der Waals surface area contributed by atoms with Crippen LogP contribution in [0.3, 0.4) is 0 Å². The molecule has 0 aliphatic rings. The Morgan fingerprint density at radius 1 is 0.875 bits per heavy atom. The SMILES string of the molecule is COc1ccc(C(=O)NC(C)c2ccc(-c3ccccc3)cc2)cc1S(=O)(=O)NC(C)C. The van der Waals surface area contributed by atoms with Gasteiger partial charge in [0.05, 0.1) is 13.2 Å². The first-order valence-electron chi connectivity index (χ1n) is 10.4. The Hall–Kier alpha value is -3.16. The van der Waals surface area contributed by atoms with Crippen molar-refractivity contribution < 1.29 is 17.9 Å². The Labute approximate surface area is 189 Å². The number of amides is 1. The second-order valence-electron chi connectivity index (χ2n) is 7.82. The fraction of sp³-hybridized carbons (Fsp3) is 0.240. The zero-order valence-corrected chi connectivity index (χ0v) is 19.4. The number of carbonyl (C=O) groups excluding carboxylic acids is 1. The number of hydrogen-bond acceptors (Lipinski definition) is 4. The molecule has 0 aromatic heterocycles. The van der Waals surface area contributed by atoms with E-state index in [9.17, 15) is 13.2 Å². The Bertz CT molecular complexity index is 1170. The van der Waals surface area contributed by atoms with Gasteiger partial charge in [0.15, 0.2) is 0 Å². The average Bonchev–Trinajstić information content (AvgIpc) is 2.78. The van der Waals surface area contributed by atoms with Crippen LogP contribution in [0, 0.1) is 0 Å². The van der Waals surface area contributed by atoms with E-state index in [1.54, 1.807) is 19.9 Å². The maximum absolute atomic E-state index is 12.9. The highest BCUT2D eigenvalue weighted by molar-refractivity contribution is 7.89. The lowest BCUT2D eigenvalue weighted by molar-refractivity contribution is 0.0939. The second kappa shape index (κ2) is 9.97. The predicted molar refractivity (Wildman–Crippen MR) is 126 cm³/mol. The lowest BCUT2D eigenvalue weighted by Crippen LogP contribution is -2.31. The summed E-state index contributed by atoms with van der Waals surface area (Å²) in [5, 5.41) is 2.93. The normalized spacial score (nSPS) is 12.4. The van der Waals surface area contributed by atoms with Gasteiger partial charge in [-0.2, -0.15) is 0 Å². The number of rotatable bonds is 8. The molecule has 2 N–H and O–H groups in total. The van der Waals surface area contributed by atoms with Crippen molar-refractivity contribution >= 4 is 15.9 Å². The summed E-state index contributed by atoms with van der Waals surface area (Å²) in [4.78, 5) is 12.8. The van der Waals surface area contributed by atoms with Crippen LogP contribution in [-0.2, 0) is 10.0 Å². The maximum Gasteiger partial charge on any atom is 0.251 e. The standard InChI is InChI=1S/C25H28N2O4S/c1-17(2)27-32(29,30)24-16-22(14-15-23(24)31-4)25(28)26-18(3)19-10-12-21(13-11-19)20-8-6-5-7-9-20/h5-18,27H,1-4H3,(H,26,28). The molecule has 7 heteroatoms. The van der Waals surface area contributed by atoms with Gasteiger partial charge in [-0.25, -0.2) is 13.1 Å².